The third-order valence-corrected chi connectivity index (χ3v) is 2.72. The van der Waals surface area contributed by atoms with Crippen LogP contribution in [-0.2, 0) is 9.53 Å². The van der Waals surface area contributed by atoms with Crippen LogP contribution in [0.5, 0.6) is 0 Å². The Morgan fingerprint density at radius 3 is 2.00 bits per heavy atom. The molecule has 0 saturated heterocycles. The van der Waals surface area contributed by atoms with Gasteiger partial charge in [0.2, 0.25) is 5.91 Å². The van der Waals surface area contributed by atoms with E-state index in [2.05, 4.69) is 16.0 Å². The van der Waals surface area contributed by atoms with Gasteiger partial charge < -0.3 is 15.4 Å². The maximum absolute atomic E-state index is 12.0. The van der Waals surface area contributed by atoms with Gasteiger partial charge in [0.1, 0.15) is 5.60 Å². The molecule has 0 heterocycles. The van der Waals surface area contributed by atoms with E-state index < -0.39 is 11.7 Å². The quantitative estimate of drug-likeness (QED) is 0.778. The van der Waals surface area contributed by atoms with Crippen molar-refractivity contribution in [3.8, 4) is 0 Å². The van der Waals surface area contributed by atoms with Gasteiger partial charge in [-0.1, -0.05) is 0 Å². The molecule has 0 spiro atoms. The smallest absolute Gasteiger partial charge is 0.412 e. The summed E-state index contributed by atoms with van der Waals surface area (Å²) in [7, 11) is 0. The van der Waals surface area contributed by atoms with Crippen molar-refractivity contribution in [1.29, 1.82) is 0 Å². The molecule has 138 valence electrons. The molecular formula is C18H27N3O4. The standard InChI is InChI=1S/C18H27N3O4/c1-17(2,3)21-14(22)11-19-15(23)12-7-9-13(10-8-12)20-16(24)25-18(4,5)6/h7-10H,11H2,1-6H3,(H,19,23)(H,20,24)(H,21,22). The second-order valence-electron chi connectivity index (χ2n) is 7.69. The van der Waals surface area contributed by atoms with Crippen molar-refractivity contribution in [2.45, 2.75) is 52.7 Å². The summed E-state index contributed by atoms with van der Waals surface area (Å²) in [6, 6.07) is 6.30. The summed E-state index contributed by atoms with van der Waals surface area (Å²) in [5.41, 5.74) is -0.0384. The Morgan fingerprint density at radius 2 is 1.52 bits per heavy atom. The molecule has 0 unspecified atom stereocenters. The van der Waals surface area contributed by atoms with Gasteiger partial charge >= 0.3 is 6.09 Å². The molecular weight excluding hydrogens is 322 g/mol. The molecule has 3 amide bonds. The number of nitrogens with one attached hydrogen (secondary N) is 3. The van der Waals surface area contributed by atoms with Crippen molar-refractivity contribution in [2.75, 3.05) is 11.9 Å². The predicted octanol–water partition coefficient (Wildman–Crippen LogP) is 2.68. The molecule has 7 nitrogen and oxygen atoms in total. The van der Waals surface area contributed by atoms with Crippen molar-refractivity contribution >= 4 is 23.6 Å². The van der Waals surface area contributed by atoms with E-state index in [0.717, 1.165) is 0 Å². The molecule has 0 aromatic heterocycles. The summed E-state index contributed by atoms with van der Waals surface area (Å²) >= 11 is 0. The van der Waals surface area contributed by atoms with E-state index in [1.807, 2.05) is 20.8 Å². The number of amides is 3. The summed E-state index contributed by atoms with van der Waals surface area (Å²) in [4.78, 5) is 35.4. The van der Waals surface area contributed by atoms with Crippen LogP contribution in [0.3, 0.4) is 0 Å². The predicted molar refractivity (Wildman–Crippen MR) is 96.5 cm³/mol. The number of rotatable bonds is 4. The van der Waals surface area contributed by atoms with Gasteiger partial charge in [0.25, 0.3) is 5.91 Å². The Morgan fingerprint density at radius 1 is 0.960 bits per heavy atom. The van der Waals surface area contributed by atoms with Crippen LogP contribution in [0.2, 0.25) is 0 Å². The molecule has 25 heavy (non-hydrogen) atoms. The number of carbonyl (C=O) groups excluding carboxylic acids is 3. The van der Waals surface area contributed by atoms with Gasteiger partial charge in [-0.25, -0.2) is 4.79 Å². The average molecular weight is 349 g/mol. The minimum Gasteiger partial charge on any atom is -0.444 e. The zero-order valence-electron chi connectivity index (χ0n) is 15.6. The molecule has 1 rings (SSSR count). The van der Waals surface area contributed by atoms with Gasteiger partial charge in [-0.3, -0.25) is 14.9 Å². The molecule has 0 aliphatic rings. The van der Waals surface area contributed by atoms with Crippen molar-refractivity contribution in [2.24, 2.45) is 0 Å². The summed E-state index contributed by atoms with van der Waals surface area (Å²) < 4.78 is 5.15. The lowest BCUT2D eigenvalue weighted by Gasteiger charge is -2.20. The Hall–Kier alpha value is -2.57. The van der Waals surface area contributed by atoms with Crippen LogP contribution in [-0.4, -0.2) is 35.6 Å². The minimum absolute atomic E-state index is 0.103. The third-order valence-electron chi connectivity index (χ3n) is 2.72. The topological polar surface area (TPSA) is 96.5 Å². The highest BCUT2D eigenvalue weighted by molar-refractivity contribution is 5.97. The maximum Gasteiger partial charge on any atom is 0.412 e. The Labute approximate surface area is 148 Å². The number of anilines is 1. The van der Waals surface area contributed by atoms with Crippen LogP contribution >= 0.6 is 0 Å². The first-order valence-corrected chi connectivity index (χ1v) is 8.05. The van der Waals surface area contributed by atoms with E-state index in [9.17, 15) is 14.4 Å². The second-order valence-corrected chi connectivity index (χ2v) is 7.69. The maximum atomic E-state index is 12.0. The zero-order valence-corrected chi connectivity index (χ0v) is 15.6. The van der Waals surface area contributed by atoms with Gasteiger partial charge in [-0.15, -0.1) is 0 Å². The summed E-state index contributed by atoms with van der Waals surface area (Å²) in [6.07, 6.45) is -0.566. The van der Waals surface area contributed by atoms with Crippen LogP contribution in [0, 0.1) is 0 Å². The van der Waals surface area contributed by atoms with Crippen molar-refractivity contribution < 1.29 is 19.1 Å². The van der Waals surface area contributed by atoms with E-state index in [4.69, 9.17) is 4.74 Å². The molecule has 1 aromatic carbocycles. The first-order valence-electron chi connectivity index (χ1n) is 8.05. The highest BCUT2D eigenvalue weighted by Gasteiger charge is 2.17. The number of hydrogen-bond donors (Lipinski definition) is 3. The third kappa shape index (κ3) is 8.74. The molecule has 0 saturated carbocycles. The van der Waals surface area contributed by atoms with E-state index in [1.54, 1.807) is 45.0 Å². The fourth-order valence-electron chi connectivity index (χ4n) is 1.85. The van der Waals surface area contributed by atoms with Crippen LogP contribution in [0.15, 0.2) is 24.3 Å². The second kappa shape index (κ2) is 8.00. The minimum atomic E-state index is -0.586. The van der Waals surface area contributed by atoms with Crippen LogP contribution < -0.4 is 16.0 Å². The lowest BCUT2D eigenvalue weighted by atomic mass is 10.1. The van der Waals surface area contributed by atoms with Gasteiger partial charge in [-0.05, 0) is 65.8 Å². The molecule has 0 atom stereocenters. The number of carbonyl (C=O) groups is 3. The van der Waals surface area contributed by atoms with Crippen molar-refractivity contribution in [3.05, 3.63) is 29.8 Å². The number of ether oxygens (including phenoxy) is 1. The first-order chi connectivity index (χ1) is 11.4. The van der Waals surface area contributed by atoms with Crippen LogP contribution in [0.4, 0.5) is 10.5 Å². The molecule has 3 N–H and O–H groups in total. The SMILES string of the molecule is CC(C)(C)NC(=O)CNC(=O)c1ccc(NC(=O)OC(C)(C)C)cc1. The lowest BCUT2D eigenvalue weighted by molar-refractivity contribution is -0.121. The Kier molecular flexibility index (Phi) is 6.55. The Bertz CT molecular complexity index is 625. The van der Waals surface area contributed by atoms with Gasteiger partial charge in [0.15, 0.2) is 0 Å². The summed E-state index contributed by atoms with van der Waals surface area (Å²) in [6.45, 7) is 10.8. The van der Waals surface area contributed by atoms with Crippen LogP contribution in [0.1, 0.15) is 51.9 Å². The molecule has 0 aliphatic carbocycles. The fraction of sp³-hybridized carbons (Fsp3) is 0.500. The normalized spacial score (nSPS) is 11.4. The summed E-state index contributed by atoms with van der Waals surface area (Å²) in [5, 5.41) is 7.89. The van der Waals surface area contributed by atoms with E-state index in [-0.39, 0.29) is 23.9 Å². The van der Waals surface area contributed by atoms with Gasteiger partial charge in [-0.2, -0.15) is 0 Å². The van der Waals surface area contributed by atoms with E-state index in [0.29, 0.717) is 11.3 Å². The summed E-state index contributed by atoms with van der Waals surface area (Å²) in [5.74, 6) is -0.628. The zero-order chi connectivity index (χ0) is 19.3. The molecule has 0 fully saturated rings. The average Bonchev–Trinajstić information content (AvgIpc) is 2.41. The van der Waals surface area contributed by atoms with Crippen LogP contribution in [0.25, 0.3) is 0 Å². The lowest BCUT2D eigenvalue weighted by Crippen LogP contribution is -2.45. The number of hydrogen-bond acceptors (Lipinski definition) is 4. The molecule has 0 bridgehead atoms. The molecule has 0 radical (unpaired) electrons. The first kappa shape index (κ1) is 20.5. The highest BCUT2D eigenvalue weighted by atomic mass is 16.6. The molecule has 0 aliphatic heterocycles. The monoisotopic (exact) mass is 349 g/mol. The van der Waals surface area contributed by atoms with Gasteiger partial charge in [0.05, 0.1) is 6.54 Å². The van der Waals surface area contributed by atoms with Crippen molar-refractivity contribution in [3.63, 3.8) is 0 Å². The fourth-order valence-corrected chi connectivity index (χ4v) is 1.85. The van der Waals surface area contributed by atoms with Crippen molar-refractivity contribution in [1.82, 2.24) is 10.6 Å². The highest BCUT2D eigenvalue weighted by Crippen LogP contribution is 2.13. The molecule has 1 aromatic rings. The van der Waals surface area contributed by atoms with E-state index >= 15 is 0 Å². The largest absolute Gasteiger partial charge is 0.444 e. The molecule has 7 heteroatoms. The van der Waals surface area contributed by atoms with E-state index in [1.165, 1.54) is 0 Å². The number of benzene rings is 1. The Balaban J connectivity index is 2.54. The van der Waals surface area contributed by atoms with Gasteiger partial charge in [0, 0.05) is 16.8 Å².